The predicted octanol–water partition coefficient (Wildman–Crippen LogP) is 0.146. The topological polar surface area (TPSA) is 87.7 Å². The molecule has 0 aromatic carbocycles. The zero-order chi connectivity index (χ0) is 20.0. The van der Waals surface area contributed by atoms with E-state index in [0.717, 1.165) is 71.8 Å². The number of aliphatic imine (C=N–C) groups is 1. The number of hydrogen-bond acceptors (Lipinski definition) is 6. The Morgan fingerprint density at radius 3 is 2.52 bits per heavy atom. The molecule has 2 aliphatic rings. The van der Waals surface area contributed by atoms with E-state index in [1.165, 1.54) is 0 Å². The van der Waals surface area contributed by atoms with E-state index in [-0.39, 0.29) is 42.5 Å². The van der Waals surface area contributed by atoms with E-state index in [2.05, 4.69) is 20.5 Å². The summed E-state index contributed by atoms with van der Waals surface area (Å²) in [6, 6.07) is 0. The highest BCUT2D eigenvalue weighted by molar-refractivity contribution is 14.0. The molecule has 2 fully saturated rings. The summed E-state index contributed by atoms with van der Waals surface area (Å²) in [7, 11) is 3.48. The number of nitrogens with one attached hydrogen (secondary N) is 2. The maximum atomic E-state index is 11.8. The Hall–Kier alpha value is -0.690. The fourth-order valence-corrected chi connectivity index (χ4v) is 2.97. The first kappa shape index (κ1) is 26.3. The largest absolute Gasteiger partial charge is 0.379 e. The molecule has 0 bridgehead atoms. The standard InChI is InChI=1S/C19H37N5O4.HI/c1-23(2)18(25)15-22-19(20-6-3-8-24-9-13-26-14-10-24)21-7-4-11-28-17-5-12-27-16-17;/h17H,3-16H2,1-2H3,(H2,20,21,22);1H. The molecule has 0 aromatic heterocycles. The van der Waals surface area contributed by atoms with Gasteiger partial charge in [-0.3, -0.25) is 9.69 Å². The summed E-state index contributed by atoms with van der Waals surface area (Å²) in [5.41, 5.74) is 0. The van der Waals surface area contributed by atoms with Crippen LogP contribution in [0.3, 0.4) is 0 Å². The van der Waals surface area contributed by atoms with Crippen molar-refractivity contribution in [2.75, 3.05) is 86.4 Å². The van der Waals surface area contributed by atoms with E-state index in [9.17, 15) is 4.79 Å². The maximum Gasteiger partial charge on any atom is 0.243 e. The molecule has 2 saturated heterocycles. The third-order valence-corrected chi connectivity index (χ3v) is 4.77. The fraction of sp³-hybridized carbons (Fsp3) is 0.895. The average Bonchev–Trinajstić information content (AvgIpc) is 3.22. The SMILES string of the molecule is CN(C)C(=O)CN=C(NCCCOC1CCOC1)NCCCN1CCOCC1.I. The molecule has 0 aromatic rings. The lowest BCUT2D eigenvalue weighted by molar-refractivity contribution is -0.127. The molecule has 0 spiro atoms. The first-order valence-corrected chi connectivity index (χ1v) is 10.4. The quantitative estimate of drug-likeness (QED) is 0.171. The van der Waals surface area contributed by atoms with E-state index in [1.807, 2.05) is 0 Å². The smallest absolute Gasteiger partial charge is 0.243 e. The third kappa shape index (κ3) is 11.9. The Bertz CT molecular complexity index is 470. The summed E-state index contributed by atoms with van der Waals surface area (Å²) in [4.78, 5) is 20.2. The second-order valence-electron chi connectivity index (χ2n) is 7.32. The van der Waals surface area contributed by atoms with Crippen molar-refractivity contribution in [3.63, 3.8) is 0 Å². The van der Waals surface area contributed by atoms with Crippen LogP contribution in [-0.4, -0.2) is 114 Å². The van der Waals surface area contributed by atoms with Crippen LogP contribution in [0.5, 0.6) is 0 Å². The van der Waals surface area contributed by atoms with Gasteiger partial charge in [-0.25, -0.2) is 4.99 Å². The van der Waals surface area contributed by atoms with E-state index in [4.69, 9.17) is 14.2 Å². The molecular weight excluding hydrogens is 489 g/mol. The van der Waals surface area contributed by atoms with Crippen molar-refractivity contribution >= 4 is 35.8 Å². The number of ether oxygens (including phenoxy) is 3. The van der Waals surface area contributed by atoms with Crippen molar-refractivity contribution in [3.8, 4) is 0 Å². The normalized spacial score (nSPS) is 20.2. The van der Waals surface area contributed by atoms with Crippen molar-refractivity contribution in [2.45, 2.75) is 25.4 Å². The summed E-state index contributed by atoms with van der Waals surface area (Å²) in [5.74, 6) is 0.667. The van der Waals surface area contributed by atoms with E-state index in [1.54, 1.807) is 19.0 Å². The molecule has 2 heterocycles. The summed E-state index contributed by atoms with van der Waals surface area (Å²) >= 11 is 0. The highest BCUT2D eigenvalue weighted by Gasteiger charge is 2.15. The lowest BCUT2D eigenvalue weighted by Crippen LogP contribution is -2.41. The Morgan fingerprint density at radius 1 is 1.14 bits per heavy atom. The Balaban J connectivity index is 0.00000420. The highest BCUT2D eigenvalue weighted by atomic mass is 127. The van der Waals surface area contributed by atoms with Crippen LogP contribution in [0, 0.1) is 0 Å². The molecule has 0 radical (unpaired) electrons. The van der Waals surface area contributed by atoms with E-state index in [0.29, 0.717) is 19.2 Å². The number of likely N-dealkylation sites (N-methyl/N-ethyl adjacent to an activating group) is 1. The number of guanidine groups is 1. The number of hydrogen-bond donors (Lipinski definition) is 2. The molecule has 1 unspecified atom stereocenters. The van der Waals surface area contributed by atoms with Gasteiger partial charge in [0.15, 0.2) is 5.96 Å². The minimum Gasteiger partial charge on any atom is -0.379 e. The molecule has 1 atom stereocenters. The van der Waals surface area contributed by atoms with Crippen LogP contribution in [0.4, 0.5) is 0 Å². The number of halogens is 1. The lowest BCUT2D eigenvalue weighted by Gasteiger charge is -2.26. The maximum absolute atomic E-state index is 11.8. The Kier molecular flexibility index (Phi) is 14.6. The van der Waals surface area contributed by atoms with Gasteiger partial charge in [0.25, 0.3) is 0 Å². The van der Waals surface area contributed by atoms with E-state index >= 15 is 0 Å². The van der Waals surface area contributed by atoms with Crippen LogP contribution < -0.4 is 10.6 Å². The van der Waals surface area contributed by atoms with Crippen LogP contribution in [0.1, 0.15) is 19.3 Å². The molecule has 9 nitrogen and oxygen atoms in total. The number of carbonyl (C=O) groups is 1. The number of amides is 1. The molecule has 2 aliphatic heterocycles. The molecule has 29 heavy (non-hydrogen) atoms. The van der Waals surface area contributed by atoms with Crippen molar-refractivity contribution < 1.29 is 19.0 Å². The monoisotopic (exact) mass is 527 g/mol. The van der Waals surface area contributed by atoms with Gasteiger partial charge in [0, 0.05) is 53.5 Å². The Morgan fingerprint density at radius 2 is 1.86 bits per heavy atom. The highest BCUT2D eigenvalue weighted by Crippen LogP contribution is 2.07. The molecule has 10 heteroatoms. The van der Waals surface area contributed by atoms with Crippen molar-refractivity contribution in [3.05, 3.63) is 0 Å². The molecule has 170 valence electrons. The number of morpholine rings is 1. The van der Waals surface area contributed by atoms with Crippen molar-refractivity contribution in [1.82, 2.24) is 20.4 Å². The van der Waals surface area contributed by atoms with Gasteiger partial charge in [-0.2, -0.15) is 0 Å². The van der Waals surface area contributed by atoms with Crippen LogP contribution in [0.2, 0.25) is 0 Å². The lowest BCUT2D eigenvalue weighted by atomic mass is 10.3. The molecule has 0 saturated carbocycles. The first-order chi connectivity index (χ1) is 13.6. The molecular formula is C19H38IN5O4. The predicted molar refractivity (Wildman–Crippen MR) is 124 cm³/mol. The number of carbonyl (C=O) groups excluding carboxylic acids is 1. The molecule has 2 N–H and O–H groups in total. The number of nitrogens with zero attached hydrogens (tertiary/aromatic N) is 3. The first-order valence-electron chi connectivity index (χ1n) is 10.4. The summed E-state index contributed by atoms with van der Waals surface area (Å²) in [6.07, 6.45) is 3.13. The summed E-state index contributed by atoms with van der Waals surface area (Å²) in [5, 5.41) is 6.64. The average molecular weight is 527 g/mol. The van der Waals surface area contributed by atoms with Gasteiger partial charge in [-0.1, -0.05) is 0 Å². The Labute approximate surface area is 191 Å². The van der Waals surface area contributed by atoms with Crippen LogP contribution in [0.15, 0.2) is 4.99 Å². The molecule has 2 rings (SSSR count). The van der Waals surface area contributed by atoms with Crippen LogP contribution in [0.25, 0.3) is 0 Å². The van der Waals surface area contributed by atoms with Gasteiger partial charge < -0.3 is 29.7 Å². The molecule has 1 amide bonds. The van der Waals surface area contributed by atoms with Gasteiger partial charge in [-0.15, -0.1) is 24.0 Å². The zero-order valence-electron chi connectivity index (χ0n) is 17.9. The minimum absolute atomic E-state index is 0. The van der Waals surface area contributed by atoms with Crippen LogP contribution in [-0.2, 0) is 19.0 Å². The zero-order valence-corrected chi connectivity index (χ0v) is 20.2. The van der Waals surface area contributed by atoms with Gasteiger partial charge in [0.05, 0.1) is 25.9 Å². The second-order valence-corrected chi connectivity index (χ2v) is 7.32. The van der Waals surface area contributed by atoms with Crippen LogP contribution >= 0.6 is 24.0 Å². The van der Waals surface area contributed by atoms with Gasteiger partial charge in [-0.05, 0) is 25.8 Å². The number of rotatable bonds is 11. The van der Waals surface area contributed by atoms with Gasteiger partial charge >= 0.3 is 0 Å². The minimum atomic E-state index is -0.0148. The summed E-state index contributed by atoms with van der Waals surface area (Å²) in [6.45, 7) is 8.60. The molecule has 0 aliphatic carbocycles. The van der Waals surface area contributed by atoms with Crippen molar-refractivity contribution in [1.29, 1.82) is 0 Å². The van der Waals surface area contributed by atoms with Gasteiger partial charge in [0.2, 0.25) is 5.91 Å². The van der Waals surface area contributed by atoms with Crippen molar-refractivity contribution in [2.24, 2.45) is 4.99 Å². The second kappa shape index (κ2) is 16.1. The summed E-state index contributed by atoms with van der Waals surface area (Å²) < 4.78 is 16.5. The van der Waals surface area contributed by atoms with Gasteiger partial charge in [0.1, 0.15) is 6.54 Å². The third-order valence-electron chi connectivity index (χ3n) is 4.77. The fourth-order valence-electron chi connectivity index (χ4n) is 2.97. The van der Waals surface area contributed by atoms with E-state index < -0.39 is 0 Å².